The van der Waals surface area contributed by atoms with Gasteiger partial charge in [-0.25, -0.2) is 0 Å². The van der Waals surface area contributed by atoms with Crippen LogP contribution in [0.1, 0.15) is 35.2 Å². The zero-order valence-electron chi connectivity index (χ0n) is 10.9. The first-order valence-corrected chi connectivity index (χ1v) is 6.47. The second-order valence-corrected chi connectivity index (χ2v) is 5.39. The number of nitrogens with one attached hydrogen (secondary N) is 2. The highest BCUT2D eigenvalue weighted by atomic mass is 14.9. The molecular formula is C15H20N2. The second kappa shape index (κ2) is 3.88. The van der Waals surface area contributed by atoms with Gasteiger partial charge < -0.3 is 10.3 Å². The van der Waals surface area contributed by atoms with Crippen molar-refractivity contribution in [3.05, 3.63) is 34.5 Å². The normalized spacial score (nSPS) is 15.7. The fraction of sp³-hybridized carbons (Fsp3) is 0.467. The number of rotatable bonds is 3. The number of hydrogen-bond acceptors (Lipinski definition) is 1. The molecule has 0 spiro atoms. The Balaban J connectivity index is 2.05. The average molecular weight is 228 g/mol. The fourth-order valence-corrected chi connectivity index (χ4v) is 2.69. The summed E-state index contributed by atoms with van der Waals surface area (Å²) < 4.78 is 0. The fourth-order valence-electron chi connectivity index (χ4n) is 2.69. The molecule has 2 heteroatoms. The predicted octanol–water partition coefficient (Wildman–Crippen LogP) is 3.35. The largest absolute Gasteiger partial charge is 0.358 e. The number of fused-ring (bicyclic) bond motifs is 1. The minimum absolute atomic E-state index is 0.769. The van der Waals surface area contributed by atoms with E-state index in [-0.39, 0.29) is 0 Å². The quantitative estimate of drug-likeness (QED) is 0.828. The van der Waals surface area contributed by atoms with Gasteiger partial charge in [0.2, 0.25) is 0 Å². The number of aryl methyl sites for hydroxylation is 3. The molecule has 0 radical (unpaired) electrons. The zero-order chi connectivity index (χ0) is 12.0. The first-order chi connectivity index (χ1) is 8.15. The van der Waals surface area contributed by atoms with Crippen LogP contribution < -0.4 is 5.32 Å². The summed E-state index contributed by atoms with van der Waals surface area (Å²) in [6.07, 6.45) is 2.69. The summed E-state index contributed by atoms with van der Waals surface area (Å²) in [4.78, 5) is 3.51. The van der Waals surface area contributed by atoms with E-state index >= 15 is 0 Å². The highest BCUT2D eigenvalue weighted by molar-refractivity contribution is 5.88. The van der Waals surface area contributed by atoms with Gasteiger partial charge in [0.05, 0.1) is 0 Å². The van der Waals surface area contributed by atoms with Crippen molar-refractivity contribution < 1.29 is 0 Å². The van der Waals surface area contributed by atoms with Crippen molar-refractivity contribution in [1.82, 2.24) is 10.3 Å². The van der Waals surface area contributed by atoms with Crippen molar-refractivity contribution >= 4 is 10.9 Å². The standard InChI is InChI=1S/C15H20N2/c1-9-6-10(2)15-13(8-16-12-4-5-12)11(3)17-14(15)7-9/h6-7,12,16-17H,4-5,8H2,1-3H3. The Hall–Kier alpha value is -1.28. The van der Waals surface area contributed by atoms with Crippen LogP contribution in [0.5, 0.6) is 0 Å². The van der Waals surface area contributed by atoms with Gasteiger partial charge in [-0.3, -0.25) is 0 Å². The van der Waals surface area contributed by atoms with E-state index in [4.69, 9.17) is 0 Å². The smallest absolute Gasteiger partial charge is 0.0464 e. The van der Waals surface area contributed by atoms with Crippen molar-refractivity contribution in [3.63, 3.8) is 0 Å². The minimum Gasteiger partial charge on any atom is -0.358 e. The Labute approximate surface area is 102 Å². The highest BCUT2D eigenvalue weighted by Crippen LogP contribution is 2.28. The molecule has 1 fully saturated rings. The maximum Gasteiger partial charge on any atom is 0.0464 e. The molecule has 2 N–H and O–H groups in total. The molecule has 90 valence electrons. The third-order valence-electron chi connectivity index (χ3n) is 3.70. The van der Waals surface area contributed by atoms with E-state index in [1.807, 2.05) is 0 Å². The number of H-pyrrole nitrogens is 1. The molecule has 0 saturated heterocycles. The van der Waals surface area contributed by atoms with E-state index in [1.54, 1.807) is 0 Å². The maximum absolute atomic E-state index is 3.61. The predicted molar refractivity (Wildman–Crippen MR) is 72.4 cm³/mol. The molecule has 0 aliphatic heterocycles. The van der Waals surface area contributed by atoms with Gasteiger partial charge >= 0.3 is 0 Å². The average Bonchev–Trinajstić information content (AvgIpc) is 3.00. The first kappa shape index (κ1) is 10.8. The maximum atomic E-state index is 3.61. The summed E-state index contributed by atoms with van der Waals surface area (Å²) in [7, 11) is 0. The monoisotopic (exact) mass is 228 g/mol. The lowest BCUT2D eigenvalue weighted by Crippen LogP contribution is -2.15. The molecule has 0 unspecified atom stereocenters. The van der Waals surface area contributed by atoms with Crippen molar-refractivity contribution in [1.29, 1.82) is 0 Å². The number of hydrogen-bond donors (Lipinski definition) is 2. The Morgan fingerprint density at radius 2 is 2.00 bits per heavy atom. The molecule has 0 amide bonds. The molecule has 2 nitrogen and oxygen atoms in total. The lowest BCUT2D eigenvalue weighted by molar-refractivity contribution is 0.688. The Bertz CT molecular complexity index is 562. The van der Waals surface area contributed by atoms with Crippen molar-refractivity contribution in [3.8, 4) is 0 Å². The van der Waals surface area contributed by atoms with E-state index in [1.165, 1.54) is 46.1 Å². The molecule has 3 rings (SSSR count). The molecule has 1 aromatic carbocycles. The second-order valence-electron chi connectivity index (χ2n) is 5.39. The van der Waals surface area contributed by atoms with Gasteiger partial charge in [-0.15, -0.1) is 0 Å². The van der Waals surface area contributed by atoms with Crippen LogP contribution in [0.2, 0.25) is 0 Å². The van der Waals surface area contributed by atoms with Crippen LogP contribution in [0.3, 0.4) is 0 Å². The molecule has 1 aliphatic rings. The third kappa shape index (κ3) is 1.98. The van der Waals surface area contributed by atoms with Gasteiger partial charge in [-0.05, 0) is 56.4 Å². The first-order valence-electron chi connectivity index (χ1n) is 6.47. The van der Waals surface area contributed by atoms with Crippen molar-refractivity contribution in [2.45, 2.75) is 46.2 Å². The van der Waals surface area contributed by atoms with Gasteiger partial charge in [0.25, 0.3) is 0 Å². The van der Waals surface area contributed by atoms with Gasteiger partial charge in [-0.2, -0.15) is 0 Å². The lowest BCUT2D eigenvalue weighted by atomic mass is 10.0. The van der Waals surface area contributed by atoms with E-state index in [2.05, 4.69) is 43.2 Å². The molecule has 1 saturated carbocycles. The topological polar surface area (TPSA) is 27.8 Å². The number of aromatic amines is 1. The summed E-state index contributed by atoms with van der Waals surface area (Å²) in [5.74, 6) is 0. The minimum atomic E-state index is 0.769. The summed E-state index contributed by atoms with van der Waals surface area (Å²) in [5.41, 5.74) is 6.76. The van der Waals surface area contributed by atoms with Gasteiger partial charge in [0.15, 0.2) is 0 Å². The van der Waals surface area contributed by atoms with Crippen LogP contribution in [0, 0.1) is 20.8 Å². The Morgan fingerprint density at radius 3 is 2.71 bits per heavy atom. The Morgan fingerprint density at radius 1 is 1.24 bits per heavy atom. The molecule has 2 aromatic rings. The molecule has 0 atom stereocenters. The van der Waals surface area contributed by atoms with Gasteiger partial charge in [0, 0.05) is 29.2 Å². The highest BCUT2D eigenvalue weighted by Gasteiger charge is 2.21. The van der Waals surface area contributed by atoms with Gasteiger partial charge in [0.1, 0.15) is 0 Å². The van der Waals surface area contributed by atoms with E-state index < -0.39 is 0 Å². The van der Waals surface area contributed by atoms with Crippen molar-refractivity contribution in [2.75, 3.05) is 0 Å². The number of aromatic nitrogens is 1. The van der Waals surface area contributed by atoms with Crippen LogP contribution in [-0.2, 0) is 6.54 Å². The summed E-state index contributed by atoms with van der Waals surface area (Å²) in [6.45, 7) is 7.55. The summed E-state index contributed by atoms with van der Waals surface area (Å²) in [5, 5.41) is 5.03. The molecule has 1 aromatic heterocycles. The van der Waals surface area contributed by atoms with E-state index in [0.29, 0.717) is 0 Å². The van der Waals surface area contributed by atoms with Crippen molar-refractivity contribution in [2.24, 2.45) is 0 Å². The summed E-state index contributed by atoms with van der Waals surface area (Å²) in [6, 6.07) is 5.29. The number of benzene rings is 1. The van der Waals surface area contributed by atoms with Crippen LogP contribution in [0.25, 0.3) is 10.9 Å². The molecule has 0 bridgehead atoms. The van der Waals surface area contributed by atoms with Crippen LogP contribution in [0.15, 0.2) is 12.1 Å². The van der Waals surface area contributed by atoms with E-state index in [0.717, 1.165) is 12.6 Å². The third-order valence-corrected chi connectivity index (χ3v) is 3.70. The molecule has 17 heavy (non-hydrogen) atoms. The molecule has 1 heterocycles. The van der Waals surface area contributed by atoms with Crippen LogP contribution in [0.4, 0.5) is 0 Å². The Kier molecular flexibility index (Phi) is 2.48. The SMILES string of the molecule is Cc1cc(C)c2c(CNC3CC3)c(C)[nH]c2c1. The van der Waals surface area contributed by atoms with Gasteiger partial charge in [-0.1, -0.05) is 6.07 Å². The van der Waals surface area contributed by atoms with Crippen LogP contribution >= 0.6 is 0 Å². The zero-order valence-corrected chi connectivity index (χ0v) is 10.9. The van der Waals surface area contributed by atoms with E-state index in [9.17, 15) is 0 Å². The molecule has 1 aliphatic carbocycles. The summed E-state index contributed by atoms with van der Waals surface area (Å²) >= 11 is 0. The lowest BCUT2D eigenvalue weighted by Gasteiger charge is -2.05. The molecular weight excluding hydrogens is 208 g/mol. The van der Waals surface area contributed by atoms with Crippen LogP contribution in [-0.4, -0.2) is 11.0 Å².